The van der Waals surface area contributed by atoms with Crippen molar-refractivity contribution in [3.63, 3.8) is 0 Å². The normalized spacial score (nSPS) is 11.2. The molecule has 0 aliphatic heterocycles. The highest BCUT2D eigenvalue weighted by Gasteiger charge is 2.06. The summed E-state index contributed by atoms with van der Waals surface area (Å²) < 4.78 is 4.54. The molecule has 0 N–H and O–H groups in total. The number of hydrogen-bond acceptors (Lipinski definition) is 2. The van der Waals surface area contributed by atoms with E-state index >= 15 is 0 Å². The number of nitrogens with zero attached hydrogens (tertiary/aromatic N) is 3. The molecule has 3 rings (SSSR count). The van der Waals surface area contributed by atoms with Gasteiger partial charge in [-0.1, -0.05) is 12.1 Å². The van der Waals surface area contributed by atoms with Gasteiger partial charge in [0.1, 0.15) is 0 Å². The van der Waals surface area contributed by atoms with Crippen LogP contribution in [0.2, 0.25) is 0 Å². The van der Waals surface area contributed by atoms with E-state index in [9.17, 15) is 4.79 Å². The van der Waals surface area contributed by atoms with E-state index in [-0.39, 0.29) is 5.78 Å². The highest BCUT2D eigenvalue weighted by molar-refractivity contribution is 9.10. The van der Waals surface area contributed by atoms with Crippen LogP contribution in [0.5, 0.6) is 0 Å². The number of rotatable bonds is 4. The molecule has 0 fully saturated rings. The second kappa shape index (κ2) is 6.15. The Labute approximate surface area is 136 Å². The van der Waals surface area contributed by atoms with E-state index in [1.54, 1.807) is 23.0 Å². The Balaban J connectivity index is 1.85. The summed E-state index contributed by atoms with van der Waals surface area (Å²) in [5, 5.41) is 4.12. The van der Waals surface area contributed by atoms with Gasteiger partial charge in [0.25, 0.3) is 0 Å². The first-order valence-corrected chi connectivity index (χ1v) is 7.58. The predicted octanol–water partition coefficient (Wildman–Crippen LogP) is 3.87. The van der Waals surface area contributed by atoms with Crippen LogP contribution in [0.25, 0.3) is 11.8 Å². The fourth-order valence-electron chi connectivity index (χ4n) is 2.18. The van der Waals surface area contributed by atoms with Crippen LogP contribution < -0.4 is 0 Å². The van der Waals surface area contributed by atoms with E-state index in [4.69, 9.17) is 0 Å². The minimum Gasteiger partial charge on any atom is -0.324 e. The molecular formula is C17H14BrN3O. The maximum Gasteiger partial charge on any atom is 0.185 e. The molecular weight excluding hydrogens is 342 g/mol. The van der Waals surface area contributed by atoms with Crippen LogP contribution in [0.1, 0.15) is 16.1 Å². The van der Waals surface area contributed by atoms with E-state index < -0.39 is 0 Å². The first-order chi connectivity index (χ1) is 10.6. The zero-order chi connectivity index (χ0) is 15.5. The Morgan fingerprint density at radius 1 is 1.23 bits per heavy atom. The maximum atomic E-state index is 12.3. The highest BCUT2D eigenvalue weighted by atomic mass is 79.9. The van der Waals surface area contributed by atoms with Crippen LogP contribution in [-0.4, -0.2) is 20.1 Å². The molecule has 0 amide bonds. The van der Waals surface area contributed by atoms with E-state index in [1.165, 1.54) is 0 Å². The number of halogens is 1. The molecule has 5 heteroatoms. The molecule has 22 heavy (non-hydrogen) atoms. The summed E-state index contributed by atoms with van der Waals surface area (Å²) in [6.07, 6.45) is 8.94. The standard InChI is InChI=1S/C17H14BrN3O/c1-20-16(15(18)12-19-20)7-8-17(22)13-5-4-6-14(11-13)21-9-2-3-10-21/h2-12H,1H3/b8-7+. The van der Waals surface area contributed by atoms with Crippen molar-refractivity contribution in [1.82, 2.24) is 14.3 Å². The fourth-order valence-corrected chi connectivity index (χ4v) is 2.67. The first kappa shape index (κ1) is 14.5. The fraction of sp³-hybridized carbons (Fsp3) is 0.0588. The summed E-state index contributed by atoms with van der Waals surface area (Å²) in [6, 6.07) is 11.5. The summed E-state index contributed by atoms with van der Waals surface area (Å²) in [5.41, 5.74) is 2.47. The van der Waals surface area contributed by atoms with Crippen molar-refractivity contribution in [3.05, 3.63) is 76.8 Å². The van der Waals surface area contributed by atoms with Gasteiger partial charge in [-0.05, 0) is 52.3 Å². The lowest BCUT2D eigenvalue weighted by Gasteiger charge is -2.04. The molecule has 3 aromatic rings. The molecule has 0 atom stereocenters. The minimum absolute atomic E-state index is 0.0397. The Morgan fingerprint density at radius 2 is 2.00 bits per heavy atom. The number of aromatic nitrogens is 3. The van der Waals surface area contributed by atoms with Crippen molar-refractivity contribution < 1.29 is 4.79 Å². The molecule has 110 valence electrons. The summed E-state index contributed by atoms with van der Waals surface area (Å²) >= 11 is 3.41. The molecule has 2 aromatic heterocycles. The lowest BCUT2D eigenvalue weighted by Crippen LogP contribution is -1.98. The molecule has 1 aromatic carbocycles. The summed E-state index contributed by atoms with van der Waals surface area (Å²) in [4.78, 5) is 12.3. The second-order valence-corrected chi connectivity index (χ2v) is 5.69. The van der Waals surface area contributed by atoms with Gasteiger partial charge < -0.3 is 4.57 Å². The van der Waals surface area contributed by atoms with Crippen molar-refractivity contribution in [2.24, 2.45) is 7.05 Å². The van der Waals surface area contributed by atoms with E-state index in [2.05, 4.69) is 21.0 Å². The van der Waals surface area contributed by atoms with Gasteiger partial charge in [-0.15, -0.1) is 0 Å². The Bertz CT molecular complexity index is 812. The summed E-state index contributed by atoms with van der Waals surface area (Å²) in [5.74, 6) is -0.0397. The third-order valence-corrected chi connectivity index (χ3v) is 3.97. The van der Waals surface area contributed by atoms with Crippen LogP contribution in [0.15, 0.2) is 65.5 Å². The number of ketones is 1. The van der Waals surface area contributed by atoms with Gasteiger partial charge in [-0.25, -0.2) is 0 Å². The van der Waals surface area contributed by atoms with Crippen LogP contribution in [-0.2, 0) is 7.05 Å². The van der Waals surface area contributed by atoms with Gasteiger partial charge in [0.15, 0.2) is 5.78 Å². The quantitative estimate of drug-likeness (QED) is 0.526. The number of benzene rings is 1. The van der Waals surface area contributed by atoms with Crippen molar-refractivity contribution in [2.45, 2.75) is 0 Å². The Kier molecular flexibility index (Phi) is 4.06. The van der Waals surface area contributed by atoms with Gasteiger partial charge >= 0.3 is 0 Å². The average molecular weight is 356 g/mol. The third kappa shape index (κ3) is 2.94. The number of hydrogen-bond donors (Lipinski definition) is 0. The first-order valence-electron chi connectivity index (χ1n) is 6.78. The van der Waals surface area contributed by atoms with Gasteiger partial charge in [0.2, 0.25) is 0 Å². The lowest BCUT2D eigenvalue weighted by molar-refractivity contribution is 0.104. The molecule has 0 saturated carbocycles. The summed E-state index contributed by atoms with van der Waals surface area (Å²) in [6.45, 7) is 0. The topological polar surface area (TPSA) is 39.8 Å². The van der Waals surface area contributed by atoms with Gasteiger partial charge in [-0.3, -0.25) is 9.48 Å². The largest absolute Gasteiger partial charge is 0.324 e. The Hall–Kier alpha value is -2.40. The van der Waals surface area contributed by atoms with Crippen molar-refractivity contribution in [1.29, 1.82) is 0 Å². The van der Waals surface area contributed by atoms with E-state index in [0.29, 0.717) is 5.56 Å². The highest BCUT2D eigenvalue weighted by Crippen LogP contribution is 2.17. The van der Waals surface area contributed by atoms with Crippen LogP contribution >= 0.6 is 15.9 Å². The lowest BCUT2D eigenvalue weighted by atomic mass is 10.1. The van der Waals surface area contributed by atoms with Crippen LogP contribution in [0.4, 0.5) is 0 Å². The molecule has 0 saturated heterocycles. The number of allylic oxidation sites excluding steroid dienone is 1. The maximum absolute atomic E-state index is 12.3. The number of aryl methyl sites for hydroxylation is 1. The zero-order valence-corrected chi connectivity index (χ0v) is 13.6. The molecule has 0 aliphatic carbocycles. The SMILES string of the molecule is Cn1ncc(Br)c1/C=C/C(=O)c1cccc(-n2cccc2)c1. The molecule has 4 nitrogen and oxygen atoms in total. The number of carbonyl (C=O) groups is 1. The van der Waals surface area contributed by atoms with Crippen LogP contribution in [0.3, 0.4) is 0 Å². The van der Waals surface area contributed by atoms with Gasteiger partial charge in [-0.2, -0.15) is 5.10 Å². The molecule has 0 radical (unpaired) electrons. The Morgan fingerprint density at radius 3 is 2.68 bits per heavy atom. The summed E-state index contributed by atoms with van der Waals surface area (Å²) in [7, 11) is 1.83. The minimum atomic E-state index is -0.0397. The smallest absolute Gasteiger partial charge is 0.185 e. The van der Waals surface area contributed by atoms with Crippen molar-refractivity contribution in [3.8, 4) is 5.69 Å². The van der Waals surface area contributed by atoms with Crippen molar-refractivity contribution >= 4 is 27.8 Å². The molecule has 0 unspecified atom stereocenters. The molecule has 0 bridgehead atoms. The molecule has 2 heterocycles. The average Bonchev–Trinajstić information content (AvgIpc) is 3.16. The van der Waals surface area contributed by atoms with E-state index in [1.807, 2.05) is 60.4 Å². The van der Waals surface area contributed by atoms with Gasteiger partial charge in [0.05, 0.1) is 16.4 Å². The zero-order valence-electron chi connectivity index (χ0n) is 12.0. The second-order valence-electron chi connectivity index (χ2n) is 4.84. The number of carbonyl (C=O) groups excluding carboxylic acids is 1. The molecule has 0 aliphatic rings. The van der Waals surface area contributed by atoms with Gasteiger partial charge in [0, 0.05) is 30.7 Å². The predicted molar refractivity (Wildman–Crippen MR) is 90.0 cm³/mol. The molecule has 0 spiro atoms. The van der Waals surface area contributed by atoms with Crippen LogP contribution in [0, 0.1) is 0 Å². The monoisotopic (exact) mass is 355 g/mol. The van der Waals surface area contributed by atoms with Crippen molar-refractivity contribution in [2.75, 3.05) is 0 Å². The van der Waals surface area contributed by atoms with E-state index in [0.717, 1.165) is 15.9 Å². The third-order valence-electron chi connectivity index (χ3n) is 3.36.